The first kappa shape index (κ1) is 15.5. The molecule has 0 aliphatic rings. The SMILES string of the molecule is COC(=O)c1sccc1S(=O)(=O)Nc1cc(C)ccc1F. The molecule has 1 heterocycles. The number of nitrogens with one attached hydrogen (secondary N) is 1. The van der Waals surface area contributed by atoms with Gasteiger partial charge in [0.2, 0.25) is 0 Å². The number of carbonyl (C=O) groups is 1. The Hall–Kier alpha value is -1.93. The summed E-state index contributed by atoms with van der Waals surface area (Å²) in [5, 5.41) is 1.45. The van der Waals surface area contributed by atoms with E-state index >= 15 is 0 Å². The number of rotatable bonds is 4. The van der Waals surface area contributed by atoms with Gasteiger partial charge in [0.1, 0.15) is 15.6 Å². The van der Waals surface area contributed by atoms with Crippen molar-refractivity contribution >= 4 is 33.0 Å². The van der Waals surface area contributed by atoms with Gasteiger partial charge in [-0.3, -0.25) is 4.72 Å². The van der Waals surface area contributed by atoms with Crippen LogP contribution in [-0.4, -0.2) is 21.5 Å². The van der Waals surface area contributed by atoms with Crippen LogP contribution in [0.1, 0.15) is 15.2 Å². The highest BCUT2D eigenvalue weighted by Gasteiger charge is 2.25. The molecule has 0 bridgehead atoms. The molecule has 2 rings (SSSR count). The van der Waals surface area contributed by atoms with Gasteiger partial charge in [0.25, 0.3) is 10.0 Å². The highest BCUT2D eigenvalue weighted by molar-refractivity contribution is 7.93. The first-order valence-corrected chi connectivity index (χ1v) is 8.16. The lowest BCUT2D eigenvalue weighted by atomic mass is 10.2. The maximum Gasteiger partial charge on any atom is 0.349 e. The van der Waals surface area contributed by atoms with Crippen molar-refractivity contribution in [2.24, 2.45) is 0 Å². The topological polar surface area (TPSA) is 72.5 Å². The fourth-order valence-corrected chi connectivity index (χ4v) is 4.06. The molecule has 1 aromatic heterocycles. The zero-order valence-electron chi connectivity index (χ0n) is 11.2. The van der Waals surface area contributed by atoms with Gasteiger partial charge in [-0.1, -0.05) is 6.07 Å². The Morgan fingerprint density at radius 2 is 2.05 bits per heavy atom. The zero-order chi connectivity index (χ0) is 15.6. The number of sulfonamides is 1. The molecule has 0 saturated carbocycles. The molecular formula is C13H12FNO4S2. The highest BCUT2D eigenvalue weighted by Crippen LogP contribution is 2.26. The van der Waals surface area contributed by atoms with E-state index in [1.54, 1.807) is 6.92 Å². The van der Waals surface area contributed by atoms with Crippen LogP contribution in [0.2, 0.25) is 0 Å². The number of esters is 1. The van der Waals surface area contributed by atoms with E-state index in [0.717, 1.165) is 18.4 Å². The van der Waals surface area contributed by atoms with E-state index in [9.17, 15) is 17.6 Å². The second-order valence-corrected chi connectivity index (χ2v) is 6.76. The first-order valence-electron chi connectivity index (χ1n) is 5.80. The number of aryl methyl sites for hydroxylation is 1. The summed E-state index contributed by atoms with van der Waals surface area (Å²) in [7, 11) is -2.92. The molecule has 0 saturated heterocycles. The third kappa shape index (κ3) is 3.22. The van der Waals surface area contributed by atoms with Crippen molar-refractivity contribution in [3.8, 4) is 0 Å². The van der Waals surface area contributed by atoms with E-state index in [4.69, 9.17) is 0 Å². The summed E-state index contributed by atoms with van der Waals surface area (Å²) in [6, 6.07) is 5.34. The highest BCUT2D eigenvalue weighted by atomic mass is 32.2. The van der Waals surface area contributed by atoms with E-state index < -0.39 is 21.8 Å². The van der Waals surface area contributed by atoms with Crippen LogP contribution in [0.25, 0.3) is 0 Å². The third-order valence-electron chi connectivity index (χ3n) is 2.66. The monoisotopic (exact) mass is 329 g/mol. The van der Waals surface area contributed by atoms with Crippen LogP contribution >= 0.6 is 11.3 Å². The number of benzene rings is 1. The normalized spacial score (nSPS) is 11.2. The number of halogens is 1. The molecule has 0 radical (unpaired) electrons. The quantitative estimate of drug-likeness (QED) is 0.876. The third-order valence-corrected chi connectivity index (χ3v) is 5.09. The molecule has 0 unspecified atom stereocenters. The van der Waals surface area contributed by atoms with Crippen LogP contribution in [0.3, 0.4) is 0 Å². The summed E-state index contributed by atoms with van der Waals surface area (Å²) in [4.78, 5) is 11.2. The number of anilines is 1. The summed E-state index contributed by atoms with van der Waals surface area (Å²) < 4.78 is 44.9. The van der Waals surface area contributed by atoms with Gasteiger partial charge < -0.3 is 4.74 Å². The number of methoxy groups -OCH3 is 1. The number of carbonyl (C=O) groups excluding carboxylic acids is 1. The molecule has 0 aliphatic carbocycles. The molecule has 1 N–H and O–H groups in total. The van der Waals surface area contributed by atoms with E-state index in [0.29, 0.717) is 5.56 Å². The van der Waals surface area contributed by atoms with Crippen LogP contribution in [0.15, 0.2) is 34.5 Å². The minimum atomic E-state index is -4.08. The Morgan fingerprint density at radius 3 is 2.71 bits per heavy atom. The maximum atomic E-state index is 13.7. The Bertz CT molecular complexity index is 783. The van der Waals surface area contributed by atoms with Crippen LogP contribution < -0.4 is 4.72 Å². The van der Waals surface area contributed by atoms with Gasteiger partial charge in [0.15, 0.2) is 0 Å². The van der Waals surface area contributed by atoms with Gasteiger partial charge >= 0.3 is 5.97 Å². The average Bonchev–Trinajstić information content (AvgIpc) is 2.92. The van der Waals surface area contributed by atoms with Gasteiger partial charge in [0.05, 0.1) is 12.8 Å². The van der Waals surface area contributed by atoms with Crippen LogP contribution in [-0.2, 0) is 14.8 Å². The predicted octanol–water partition coefficient (Wildman–Crippen LogP) is 2.78. The Morgan fingerprint density at radius 1 is 1.33 bits per heavy atom. The van der Waals surface area contributed by atoms with Crippen molar-refractivity contribution in [2.45, 2.75) is 11.8 Å². The first-order chi connectivity index (χ1) is 9.85. The molecule has 0 aliphatic heterocycles. The van der Waals surface area contributed by atoms with Gasteiger partial charge in [-0.15, -0.1) is 11.3 Å². The minimum Gasteiger partial charge on any atom is -0.465 e. The van der Waals surface area contributed by atoms with Gasteiger partial charge in [-0.05, 0) is 36.1 Å². The summed E-state index contributed by atoms with van der Waals surface area (Å²) >= 11 is 0.940. The summed E-state index contributed by atoms with van der Waals surface area (Å²) in [5.74, 6) is -1.45. The molecule has 21 heavy (non-hydrogen) atoms. The second kappa shape index (κ2) is 5.82. The molecule has 0 atom stereocenters. The van der Waals surface area contributed by atoms with Gasteiger partial charge in [-0.2, -0.15) is 0 Å². The van der Waals surface area contributed by atoms with Crippen molar-refractivity contribution in [1.29, 1.82) is 0 Å². The number of thiophene rings is 1. The molecule has 2 aromatic rings. The van der Waals surface area contributed by atoms with E-state index in [-0.39, 0.29) is 15.5 Å². The number of hydrogen-bond donors (Lipinski definition) is 1. The maximum absolute atomic E-state index is 13.7. The van der Waals surface area contributed by atoms with Gasteiger partial charge in [-0.25, -0.2) is 17.6 Å². The van der Waals surface area contributed by atoms with E-state index in [1.165, 1.54) is 29.6 Å². The lowest BCUT2D eigenvalue weighted by Gasteiger charge is -2.09. The molecule has 0 amide bonds. The van der Waals surface area contributed by atoms with Crippen LogP contribution in [0, 0.1) is 12.7 Å². The second-order valence-electron chi connectivity index (χ2n) is 4.19. The Kier molecular flexibility index (Phi) is 4.29. The lowest BCUT2D eigenvalue weighted by molar-refractivity contribution is 0.0602. The predicted molar refractivity (Wildman–Crippen MR) is 77.6 cm³/mol. The molecule has 112 valence electrons. The zero-order valence-corrected chi connectivity index (χ0v) is 12.8. The van der Waals surface area contributed by atoms with Crippen molar-refractivity contribution < 1.29 is 22.3 Å². The summed E-state index contributed by atoms with van der Waals surface area (Å²) in [6.07, 6.45) is 0. The largest absolute Gasteiger partial charge is 0.465 e. The van der Waals surface area contributed by atoms with Crippen LogP contribution in [0.5, 0.6) is 0 Å². The van der Waals surface area contributed by atoms with E-state index in [2.05, 4.69) is 9.46 Å². The molecular weight excluding hydrogens is 317 g/mol. The molecule has 8 heteroatoms. The smallest absolute Gasteiger partial charge is 0.349 e. The Labute approximate surface area is 125 Å². The van der Waals surface area contributed by atoms with Crippen molar-refractivity contribution in [3.05, 3.63) is 45.9 Å². The number of ether oxygens (including phenoxy) is 1. The van der Waals surface area contributed by atoms with Crippen LogP contribution in [0.4, 0.5) is 10.1 Å². The van der Waals surface area contributed by atoms with Gasteiger partial charge in [0, 0.05) is 0 Å². The lowest BCUT2D eigenvalue weighted by Crippen LogP contribution is -2.16. The number of hydrogen-bond acceptors (Lipinski definition) is 5. The van der Waals surface area contributed by atoms with Crippen molar-refractivity contribution in [2.75, 3.05) is 11.8 Å². The standard InChI is InChI=1S/C13H12FNO4S2/c1-8-3-4-9(14)10(7-8)15-21(17,18)11-5-6-20-12(11)13(16)19-2/h3-7,15H,1-2H3. The van der Waals surface area contributed by atoms with Crippen molar-refractivity contribution in [1.82, 2.24) is 0 Å². The minimum absolute atomic E-state index is 0.0574. The fraction of sp³-hybridized carbons (Fsp3) is 0.154. The Balaban J connectivity index is 2.42. The molecule has 0 fully saturated rings. The molecule has 1 aromatic carbocycles. The average molecular weight is 329 g/mol. The summed E-state index contributed by atoms with van der Waals surface area (Å²) in [6.45, 7) is 1.71. The van der Waals surface area contributed by atoms with E-state index in [1.807, 2.05) is 0 Å². The molecule has 5 nitrogen and oxygen atoms in total. The summed E-state index contributed by atoms with van der Waals surface area (Å²) in [5.41, 5.74) is 0.532. The molecule has 0 spiro atoms. The van der Waals surface area contributed by atoms with Crippen molar-refractivity contribution in [3.63, 3.8) is 0 Å². The fourth-order valence-electron chi connectivity index (χ4n) is 1.67.